The first-order valence-electron chi connectivity index (χ1n) is 36.6. The van der Waals surface area contributed by atoms with Gasteiger partial charge in [-0.25, -0.2) is 0 Å². The summed E-state index contributed by atoms with van der Waals surface area (Å²) in [5, 5.41) is 0. The van der Waals surface area contributed by atoms with Crippen LogP contribution in [0.15, 0.2) is 48.5 Å². The number of unbranched alkanes of at least 4 members (excludes halogenated alkanes) is 36. The Morgan fingerprint density at radius 1 is 0.313 bits per heavy atom. The molecule has 83 heavy (non-hydrogen) atoms. The fraction of sp³-hybridized carbons (Fsp3) is 0.840. The number of hydrogen-bond donors (Lipinski definition) is 0. The molecule has 0 spiro atoms. The minimum Gasteiger partial charge on any atom is -0.427 e. The average Bonchev–Trinajstić information content (AvgIpc) is 3.51. The summed E-state index contributed by atoms with van der Waals surface area (Å²) in [4.78, 5) is 0. The van der Waals surface area contributed by atoms with E-state index >= 15 is 0 Å². The van der Waals surface area contributed by atoms with Gasteiger partial charge < -0.3 is 18.1 Å². The number of aryl methyl sites for hydroxylation is 2. The molecule has 0 saturated heterocycles. The van der Waals surface area contributed by atoms with Gasteiger partial charge in [0.15, 0.2) is 0 Å². The van der Waals surface area contributed by atoms with Gasteiger partial charge >= 0.3 is 17.2 Å². The summed E-state index contributed by atoms with van der Waals surface area (Å²) in [6.07, 6.45) is 65.6. The molecule has 2 aliphatic rings. The van der Waals surface area contributed by atoms with E-state index in [1.165, 1.54) is 281 Å². The van der Waals surface area contributed by atoms with E-state index in [0.29, 0.717) is 25.0 Å². The van der Waals surface area contributed by atoms with Gasteiger partial charge in [-0.05, 0) is 143 Å². The Bertz CT molecular complexity index is 1580. The molecule has 0 aromatic heterocycles. The molecule has 2 aromatic rings. The normalized spacial score (nSPS) is 18.4. The van der Waals surface area contributed by atoms with Crippen LogP contribution < -0.4 is 9.05 Å². The first kappa shape index (κ1) is 74.2. The largest absolute Gasteiger partial charge is 0.427 e. The molecule has 0 heterocycles. The molecule has 2 atom stereocenters. The average molecular weight is 1190 g/mol. The summed E-state index contributed by atoms with van der Waals surface area (Å²) < 4.78 is 40.0. The van der Waals surface area contributed by atoms with Crippen molar-refractivity contribution in [1.82, 2.24) is 0 Å². The molecule has 0 radical (unpaired) electrons. The fourth-order valence-corrected chi connectivity index (χ4v) is 15.6. The molecule has 2 fully saturated rings. The van der Waals surface area contributed by atoms with Gasteiger partial charge in [0.1, 0.15) is 11.5 Å². The maximum absolute atomic E-state index is 6.86. The Hall–Kier alpha value is -1.26. The van der Waals surface area contributed by atoms with Crippen LogP contribution >= 0.6 is 17.2 Å². The van der Waals surface area contributed by atoms with Gasteiger partial charge in [0.25, 0.3) is 0 Å². The molecule has 0 N–H and O–H groups in total. The topological polar surface area (TPSA) is 55.4 Å². The number of benzene rings is 2. The van der Waals surface area contributed by atoms with Gasteiger partial charge in [-0.1, -0.05) is 297 Å². The minimum absolute atomic E-state index is 0.181. The highest BCUT2D eigenvalue weighted by atomic mass is 31.2. The van der Waals surface area contributed by atoms with Gasteiger partial charge in [0.05, 0.1) is 25.4 Å². The first-order valence-corrected chi connectivity index (χ1v) is 38.8. The summed E-state index contributed by atoms with van der Waals surface area (Å²) in [6.45, 7) is 15.8. The molecule has 0 bridgehead atoms. The molecular weight excluding hydrogens is 1060 g/mol. The molecule has 6 nitrogen and oxygen atoms in total. The quantitative estimate of drug-likeness (QED) is 0.0486. The van der Waals surface area contributed by atoms with E-state index in [9.17, 15) is 0 Å². The lowest BCUT2D eigenvalue weighted by Crippen LogP contribution is -2.38. The molecule has 480 valence electrons. The van der Waals surface area contributed by atoms with Crippen molar-refractivity contribution in [3.8, 4) is 11.5 Å². The Balaban J connectivity index is 1.22. The Labute approximate surface area is 518 Å². The lowest BCUT2D eigenvalue weighted by molar-refractivity contribution is 0.00601. The first-order chi connectivity index (χ1) is 40.8. The molecule has 8 heteroatoms. The summed E-state index contributed by atoms with van der Waals surface area (Å²) in [5.74, 6) is 3.13. The maximum atomic E-state index is 6.86. The fourth-order valence-electron chi connectivity index (χ4n) is 13.3. The van der Waals surface area contributed by atoms with E-state index in [1.54, 1.807) is 0 Å². The van der Waals surface area contributed by atoms with Gasteiger partial charge in [0.2, 0.25) is 0 Å². The van der Waals surface area contributed by atoms with E-state index in [0.717, 1.165) is 62.9 Å². The van der Waals surface area contributed by atoms with Crippen LogP contribution in [-0.2, 0) is 30.9 Å². The van der Waals surface area contributed by atoms with Crippen LogP contribution in [0.4, 0.5) is 0 Å². The third kappa shape index (κ3) is 36.7. The monoisotopic (exact) mass is 1190 g/mol. The van der Waals surface area contributed by atoms with E-state index in [-0.39, 0.29) is 17.6 Å². The number of hydrogen-bond acceptors (Lipinski definition) is 6. The second-order valence-corrected chi connectivity index (χ2v) is 29.0. The zero-order valence-corrected chi connectivity index (χ0v) is 57.3. The highest BCUT2D eigenvalue weighted by Gasteiger charge is 2.42. The Kier molecular flexibility index (Phi) is 45.2. The lowest BCUT2D eigenvalue weighted by Gasteiger charge is -2.46. The van der Waals surface area contributed by atoms with Crippen LogP contribution in [0.5, 0.6) is 11.5 Å². The van der Waals surface area contributed by atoms with Gasteiger partial charge in [0, 0.05) is 0 Å². The summed E-state index contributed by atoms with van der Waals surface area (Å²) in [6, 6.07) is 17.7. The number of rotatable bonds is 56. The Morgan fingerprint density at radius 2 is 0.554 bits per heavy atom. The van der Waals surface area contributed by atoms with E-state index in [2.05, 4.69) is 90.1 Å². The summed E-state index contributed by atoms with van der Waals surface area (Å²) in [7, 11) is -2.93. The molecule has 2 unspecified atom stereocenters. The van der Waals surface area contributed by atoms with E-state index < -0.39 is 17.2 Å². The van der Waals surface area contributed by atoms with Crippen molar-refractivity contribution < 1.29 is 27.1 Å². The molecular formula is C75H134O6P2. The third-order valence-corrected chi connectivity index (χ3v) is 21.6. The van der Waals surface area contributed by atoms with Crippen LogP contribution in [0.3, 0.4) is 0 Å². The van der Waals surface area contributed by atoms with Crippen molar-refractivity contribution in [3.05, 3.63) is 59.7 Å². The van der Waals surface area contributed by atoms with Gasteiger partial charge in [-0.3, -0.25) is 9.05 Å². The van der Waals surface area contributed by atoms with Crippen molar-refractivity contribution in [1.29, 1.82) is 0 Å². The van der Waals surface area contributed by atoms with Crippen LogP contribution in [0.1, 0.15) is 361 Å². The highest BCUT2D eigenvalue weighted by molar-refractivity contribution is 7.42. The van der Waals surface area contributed by atoms with Crippen LogP contribution in [-0.4, -0.2) is 25.4 Å². The van der Waals surface area contributed by atoms with Gasteiger partial charge in [-0.15, -0.1) is 0 Å². The highest BCUT2D eigenvalue weighted by Crippen LogP contribution is 2.53. The molecule has 0 aliphatic heterocycles. The van der Waals surface area contributed by atoms with Crippen LogP contribution in [0, 0.1) is 17.3 Å². The zero-order valence-electron chi connectivity index (χ0n) is 55.5. The molecule has 0 amide bonds. The predicted octanol–water partition coefficient (Wildman–Crippen LogP) is 26.6. The molecule has 4 rings (SSSR count). The van der Waals surface area contributed by atoms with Crippen molar-refractivity contribution in [2.45, 2.75) is 375 Å². The summed E-state index contributed by atoms with van der Waals surface area (Å²) >= 11 is 0. The Morgan fingerprint density at radius 3 is 0.819 bits per heavy atom. The van der Waals surface area contributed by atoms with Gasteiger partial charge in [-0.2, -0.15) is 0 Å². The minimum atomic E-state index is -1.47. The SMILES string of the molecule is CCCCCCCCCCCCOP(Oc1ccc(CCCCCCCCCCCC)cc1)OC1CCC(C(C)(C)C2CCC(OP(OCCCCCCCCCCCC)Oc3ccc(CCCCCCCCCCCC)cc3)CC2)CC1. The second kappa shape index (κ2) is 50.6. The zero-order chi connectivity index (χ0) is 58.9. The predicted molar refractivity (Wildman–Crippen MR) is 362 cm³/mol. The summed E-state index contributed by atoms with van der Waals surface area (Å²) in [5.41, 5.74) is 3.08. The van der Waals surface area contributed by atoms with Crippen molar-refractivity contribution in [2.24, 2.45) is 17.3 Å². The van der Waals surface area contributed by atoms with Crippen molar-refractivity contribution >= 4 is 17.2 Å². The smallest absolute Gasteiger partial charge is 0.397 e. The van der Waals surface area contributed by atoms with Crippen molar-refractivity contribution in [2.75, 3.05) is 13.2 Å². The standard InChI is InChI=1S/C75H134O6P2/c1-7-11-15-19-23-27-31-35-39-43-47-67-49-57-71(58-50-67)78-82(76-65-45-41-37-33-29-25-21-17-13-9-3)80-73-61-53-69(54-62-73)75(5,6)70-55-63-74(64-56-70)81-83(77-66-46-42-38-34-30-26-22-18-14-10-4)79-72-59-51-68(52-60-72)48-44-40-36-32-28-24-20-16-12-8-2/h49-52,57-60,69-70,73-74H,7-48,53-56,61-66H2,1-6H3. The lowest BCUT2D eigenvalue weighted by atomic mass is 9.60. The maximum Gasteiger partial charge on any atom is 0.397 e. The van der Waals surface area contributed by atoms with E-state index in [1.807, 2.05) is 0 Å². The molecule has 2 aromatic carbocycles. The second-order valence-electron chi connectivity index (χ2n) is 26.8. The molecule has 2 saturated carbocycles. The van der Waals surface area contributed by atoms with Crippen LogP contribution in [0.2, 0.25) is 0 Å². The third-order valence-electron chi connectivity index (χ3n) is 19.2. The van der Waals surface area contributed by atoms with Crippen LogP contribution in [0.25, 0.3) is 0 Å². The van der Waals surface area contributed by atoms with Crippen molar-refractivity contribution in [3.63, 3.8) is 0 Å². The van der Waals surface area contributed by atoms with E-state index in [4.69, 9.17) is 27.1 Å². The molecule has 2 aliphatic carbocycles.